The molecule has 1 aliphatic heterocycles. The maximum absolute atomic E-state index is 12.3. The highest BCUT2D eigenvalue weighted by molar-refractivity contribution is 7.09. The second kappa shape index (κ2) is 4.78. The minimum Gasteiger partial charge on any atom is -0.478 e. The molecule has 0 aliphatic carbocycles. The van der Waals surface area contributed by atoms with Gasteiger partial charge in [0.05, 0.1) is 33.9 Å². The van der Waals surface area contributed by atoms with Gasteiger partial charge in [0.1, 0.15) is 0 Å². The fraction of sp³-hybridized carbons (Fsp3) is 0.143. The van der Waals surface area contributed by atoms with Crippen LogP contribution in [0.1, 0.15) is 41.8 Å². The van der Waals surface area contributed by atoms with Crippen LogP contribution in [0, 0.1) is 6.92 Å². The molecule has 0 spiro atoms. The first-order chi connectivity index (χ1) is 9.97. The van der Waals surface area contributed by atoms with Crippen LogP contribution < -0.4 is 0 Å². The van der Waals surface area contributed by atoms with Crippen molar-refractivity contribution < 1.29 is 19.5 Å². The minimum absolute atomic E-state index is 0.0127. The third-order valence-electron chi connectivity index (χ3n) is 3.20. The maximum atomic E-state index is 12.3. The topological polar surface area (TPSA) is 87.6 Å². The zero-order chi connectivity index (χ0) is 15.1. The number of carbonyl (C=O) groups excluding carboxylic acids is 2. The lowest BCUT2D eigenvalue weighted by molar-refractivity contribution is 0.0639. The molecule has 3 rings (SSSR count). The van der Waals surface area contributed by atoms with Crippen molar-refractivity contribution in [3.05, 3.63) is 51.0 Å². The van der Waals surface area contributed by atoms with Crippen molar-refractivity contribution in [1.82, 2.24) is 9.88 Å². The number of rotatable bonds is 3. The first-order valence-corrected chi connectivity index (χ1v) is 7.00. The molecule has 0 bridgehead atoms. The van der Waals surface area contributed by atoms with Crippen LogP contribution in [-0.4, -0.2) is 32.8 Å². The SMILES string of the molecule is Cc1nc(CN2C(=O)c3ccc(C(=O)O)cc3C2=O)cs1. The number of aromatic carboxylic acids is 1. The molecular weight excluding hydrogens is 292 g/mol. The van der Waals surface area contributed by atoms with E-state index < -0.39 is 17.8 Å². The van der Waals surface area contributed by atoms with E-state index in [1.54, 1.807) is 5.38 Å². The molecule has 0 saturated carbocycles. The van der Waals surface area contributed by atoms with Gasteiger partial charge in [-0.1, -0.05) is 0 Å². The number of nitrogens with zero attached hydrogens (tertiary/aromatic N) is 2. The quantitative estimate of drug-likeness (QED) is 0.875. The standard InChI is InChI=1S/C14H10N2O4S/c1-7-15-9(6-21-7)5-16-12(17)10-3-2-8(14(19)20)4-11(10)13(16)18/h2-4,6H,5H2,1H3,(H,19,20). The molecule has 0 radical (unpaired) electrons. The summed E-state index contributed by atoms with van der Waals surface area (Å²) < 4.78 is 0. The van der Waals surface area contributed by atoms with Crippen molar-refractivity contribution in [1.29, 1.82) is 0 Å². The number of imide groups is 1. The normalized spacial score (nSPS) is 13.7. The van der Waals surface area contributed by atoms with Crippen molar-refractivity contribution in [2.75, 3.05) is 0 Å². The molecule has 0 fully saturated rings. The van der Waals surface area contributed by atoms with Crippen LogP contribution in [0.2, 0.25) is 0 Å². The number of fused-ring (bicyclic) bond motifs is 1. The summed E-state index contributed by atoms with van der Waals surface area (Å²) >= 11 is 1.44. The van der Waals surface area contributed by atoms with Crippen LogP contribution >= 0.6 is 11.3 Å². The van der Waals surface area contributed by atoms with Gasteiger partial charge in [0.2, 0.25) is 0 Å². The van der Waals surface area contributed by atoms with Crippen LogP contribution in [0.25, 0.3) is 0 Å². The zero-order valence-electron chi connectivity index (χ0n) is 11.0. The van der Waals surface area contributed by atoms with E-state index >= 15 is 0 Å². The molecule has 1 aromatic heterocycles. The summed E-state index contributed by atoms with van der Waals surface area (Å²) in [5.41, 5.74) is 0.996. The monoisotopic (exact) mass is 302 g/mol. The summed E-state index contributed by atoms with van der Waals surface area (Å²) in [7, 11) is 0. The lowest BCUT2D eigenvalue weighted by Crippen LogP contribution is -2.29. The highest BCUT2D eigenvalue weighted by Crippen LogP contribution is 2.26. The number of carbonyl (C=O) groups is 3. The molecule has 0 atom stereocenters. The smallest absolute Gasteiger partial charge is 0.335 e. The van der Waals surface area contributed by atoms with Gasteiger partial charge in [-0.25, -0.2) is 9.78 Å². The van der Waals surface area contributed by atoms with Crippen LogP contribution in [-0.2, 0) is 6.54 Å². The number of hydrogen-bond acceptors (Lipinski definition) is 5. The molecule has 0 unspecified atom stereocenters. The van der Waals surface area contributed by atoms with Crippen LogP contribution in [0.15, 0.2) is 23.6 Å². The number of hydrogen-bond donors (Lipinski definition) is 1. The van der Waals surface area contributed by atoms with Crippen molar-refractivity contribution in [3.8, 4) is 0 Å². The predicted molar refractivity (Wildman–Crippen MR) is 74.5 cm³/mol. The lowest BCUT2D eigenvalue weighted by atomic mass is 10.1. The van der Waals surface area contributed by atoms with E-state index in [0.717, 1.165) is 9.91 Å². The third-order valence-corrected chi connectivity index (χ3v) is 4.03. The minimum atomic E-state index is -1.13. The van der Waals surface area contributed by atoms with Crippen molar-refractivity contribution in [2.45, 2.75) is 13.5 Å². The Labute approximate surface area is 123 Å². The number of thiazole rings is 1. The maximum Gasteiger partial charge on any atom is 0.335 e. The number of aromatic nitrogens is 1. The highest BCUT2D eigenvalue weighted by Gasteiger charge is 2.36. The number of amides is 2. The van der Waals surface area contributed by atoms with Gasteiger partial charge < -0.3 is 5.11 Å². The fourth-order valence-corrected chi connectivity index (χ4v) is 2.81. The van der Waals surface area contributed by atoms with Gasteiger partial charge in [-0.3, -0.25) is 14.5 Å². The summed E-state index contributed by atoms with van der Waals surface area (Å²) in [6.07, 6.45) is 0. The molecular formula is C14H10N2O4S. The lowest BCUT2D eigenvalue weighted by Gasteiger charge is -2.11. The van der Waals surface area contributed by atoms with Gasteiger partial charge in [0.25, 0.3) is 11.8 Å². The molecule has 1 aliphatic rings. The number of benzene rings is 1. The number of carboxylic acids is 1. The van der Waals surface area contributed by atoms with Crippen molar-refractivity contribution >= 4 is 29.1 Å². The third kappa shape index (κ3) is 2.21. The Balaban J connectivity index is 1.94. The van der Waals surface area contributed by atoms with E-state index in [1.807, 2.05) is 6.92 Å². The Morgan fingerprint density at radius 1 is 1.29 bits per heavy atom. The van der Waals surface area contributed by atoms with Gasteiger partial charge in [0.15, 0.2) is 0 Å². The van der Waals surface area contributed by atoms with E-state index in [9.17, 15) is 14.4 Å². The molecule has 1 aromatic carbocycles. The summed E-state index contributed by atoms with van der Waals surface area (Å²) in [4.78, 5) is 40.8. The van der Waals surface area contributed by atoms with E-state index in [4.69, 9.17) is 5.11 Å². The Hall–Kier alpha value is -2.54. The first kappa shape index (κ1) is 13.4. The van der Waals surface area contributed by atoms with E-state index in [2.05, 4.69) is 4.98 Å². The molecule has 6 nitrogen and oxygen atoms in total. The Morgan fingerprint density at radius 2 is 2.00 bits per heavy atom. The molecule has 2 amide bonds. The van der Waals surface area contributed by atoms with Gasteiger partial charge in [-0.2, -0.15) is 0 Å². The second-order valence-electron chi connectivity index (χ2n) is 4.62. The summed E-state index contributed by atoms with van der Waals surface area (Å²) in [6, 6.07) is 3.94. The number of aryl methyl sites for hydroxylation is 1. The Bertz CT molecular complexity index is 781. The molecule has 7 heteroatoms. The van der Waals surface area contributed by atoms with Crippen molar-refractivity contribution in [2.24, 2.45) is 0 Å². The first-order valence-electron chi connectivity index (χ1n) is 6.12. The van der Waals surface area contributed by atoms with Gasteiger partial charge >= 0.3 is 5.97 Å². The Kier molecular flexibility index (Phi) is 3.06. The largest absolute Gasteiger partial charge is 0.478 e. The van der Waals surface area contributed by atoms with Gasteiger partial charge in [-0.05, 0) is 25.1 Å². The number of carboxylic acid groups (broad SMARTS) is 1. The van der Waals surface area contributed by atoms with Crippen LogP contribution in [0.4, 0.5) is 0 Å². The van der Waals surface area contributed by atoms with E-state index in [-0.39, 0.29) is 23.2 Å². The van der Waals surface area contributed by atoms with Gasteiger partial charge in [-0.15, -0.1) is 11.3 Å². The molecule has 0 saturated heterocycles. The van der Waals surface area contributed by atoms with Gasteiger partial charge in [0, 0.05) is 5.38 Å². The molecule has 106 valence electrons. The van der Waals surface area contributed by atoms with E-state index in [1.165, 1.54) is 29.5 Å². The average Bonchev–Trinajstić information content (AvgIpc) is 2.96. The molecule has 2 heterocycles. The highest BCUT2D eigenvalue weighted by atomic mass is 32.1. The zero-order valence-corrected chi connectivity index (χ0v) is 11.8. The average molecular weight is 302 g/mol. The summed E-state index contributed by atoms with van der Waals surface area (Å²) in [5.74, 6) is -2.03. The van der Waals surface area contributed by atoms with Crippen LogP contribution in [0.5, 0.6) is 0 Å². The molecule has 21 heavy (non-hydrogen) atoms. The van der Waals surface area contributed by atoms with E-state index in [0.29, 0.717) is 5.69 Å². The summed E-state index contributed by atoms with van der Waals surface area (Å²) in [6.45, 7) is 1.94. The second-order valence-corrected chi connectivity index (χ2v) is 5.68. The molecule has 1 N–H and O–H groups in total. The van der Waals surface area contributed by atoms with Crippen LogP contribution in [0.3, 0.4) is 0 Å². The van der Waals surface area contributed by atoms with Crippen molar-refractivity contribution in [3.63, 3.8) is 0 Å². The Morgan fingerprint density at radius 3 is 2.62 bits per heavy atom. The summed E-state index contributed by atoms with van der Waals surface area (Å²) in [5, 5.41) is 11.6. The predicted octanol–water partition coefficient (Wildman–Crippen LogP) is 1.95. The molecule has 2 aromatic rings. The fourth-order valence-electron chi connectivity index (χ4n) is 2.21.